The van der Waals surface area contributed by atoms with Crippen LogP contribution in [-0.2, 0) is 20.2 Å². The van der Waals surface area contributed by atoms with Gasteiger partial charge in [-0.2, -0.15) is 8.42 Å². The lowest BCUT2D eigenvalue weighted by Crippen LogP contribution is -2.38. The number of hydrogen-bond donors (Lipinski definition) is 2. The Labute approximate surface area is 88.6 Å². The Hall–Kier alpha value is -0.960. The minimum atomic E-state index is -4.03. The molecule has 0 saturated heterocycles. The minimum absolute atomic E-state index is 0.108. The third-order valence-corrected chi connectivity index (χ3v) is 4.73. The first kappa shape index (κ1) is 12.1. The Morgan fingerprint density at radius 1 is 1.00 bits per heavy atom. The van der Waals surface area contributed by atoms with Crippen molar-refractivity contribution in [3.8, 4) is 0 Å². The van der Waals surface area contributed by atoms with E-state index in [1.54, 1.807) is 6.07 Å². The minimum Gasteiger partial charge on any atom is -0.206 e. The van der Waals surface area contributed by atoms with E-state index in [4.69, 9.17) is 0 Å². The summed E-state index contributed by atoms with van der Waals surface area (Å²) in [6.07, 6.45) is 0. The highest BCUT2D eigenvalue weighted by atomic mass is 32.3. The average Bonchev–Trinajstić information content (AvgIpc) is 2.18. The predicted octanol–water partition coefficient (Wildman–Crippen LogP) is -0.571. The molecular weight excluding hydrogens is 240 g/mol. The standard InChI is InChI=1S/C7H10N2O4S2/c1-8-15(12,13)9-14(10,11)7-5-3-2-4-6-7/h2-6,8-9H,1H3. The van der Waals surface area contributed by atoms with Crippen molar-refractivity contribution in [2.45, 2.75) is 4.90 Å². The van der Waals surface area contributed by atoms with Crippen molar-refractivity contribution in [2.75, 3.05) is 7.05 Å². The van der Waals surface area contributed by atoms with Crippen molar-refractivity contribution in [2.24, 2.45) is 0 Å². The molecule has 0 atom stereocenters. The van der Waals surface area contributed by atoms with Gasteiger partial charge in [-0.25, -0.2) is 13.1 Å². The number of nitrogens with one attached hydrogen (secondary N) is 2. The molecular formula is C7H10N2O4S2. The third-order valence-electron chi connectivity index (χ3n) is 1.54. The van der Waals surface area contributed by atoms with E-state index in [9.17, 15) is 16.8 Å². The SMILES string of the molecule is CNS(=O)(=O)NS(=O)(=O)c1ccccc1. The first-order chi connectivity index (χ1) is 6.87. The number of sulfonamides is 1. The molecule has 84 valence electrons. The Morgan fingerprint density at radius 2 is 1.53 bits per heavy atom. The lowest BCUT2D eigenvalue weighted by molar-refractivity contribution is 0.572. The zero-order valence-electron chi connectivity index (χ0n) is 7.84. The van der Waals surface area contributed by atoms with Gasteiger partial charge in [-0.3, -0.25) is 0 Å². The summed E-state index contributed by atoms with van der Waals surface area (Å²) in [7, 11) is -6.93. The number of rotatable bonds is 4. The first-order valence-electron chi connectivity index (χ1n) is 3.89. The lowest BCUT2D eigenvalue weighted by atomic mass is 10.4. The second kappa shape index (κ2) is 4.27. The maximum Gasteiger partial charge on any atom is 0.290 e. The van der Waals surface area contributed by atoms with Gasteiger partial charge in [0.1, 0.15) is 0 Å². The van der Waals surface area contributed by atoms with Crippen LogP contribution in [0.25, 0.3) is 0 Å². The van der Waals surface area contributed by atoms with Gasteiger partial charge in [0.15, 0.2) is 0 Å². The van der Waals surface area contributed by atoms with Gasteiger partial charge in [0.05, 0.1) is 4.90 Å². The molecule has 0 amide bonds. The fourth-order valence-corrected chi connectivity index (χ4v) is 3.22. The molecule has 1 aromatic carbocycles. The maximum absolute atomic E-state index is 11.5. The maximum atomic E-state index is 11.5. The van der Waals surface area contributed by atoms with E-state index >= 15 is 0 Å². The second-order valence-electron chi connectivity index (χ2n) is 2.61. The predicted molar refractivity (Wildman–Crippen MR) is 54.7 cm³/mol. The summed E-state index contributed by atoms with van der Waals surface area (Å²) in [5, 5.41) is 0. The molecule has 0 unspecified atom stereocenters. The summed E-state index contributed by atoms with van der Waals surface area (Å²) in [5.74, 6) is 0. The second-order valence-corrected chi connectivity index (χ2v) is 6.17. The summed E-state index contributed by atoms with van der Waals surface area (Å²) < 4.78 is 48.3. The van der Waals surface area contributed by atoms with Gasteiger partial charge in [-0.1, -0.05) is 22.3 Å². The molecule has 1 rings (SSSR count). The van der Waals surface area contributed by atoms with Gasteiger partial charge in [-0.05, 0) is 12.1 Å². The fourth-order valence-electron chi connectivity index (χ4n) is 0.834. The van der Waals surface area contributed by atoms with Crippen LogP contribution in [0.2, 0.25) is 0 Å². The molecule has 8 heteroatoms. The van der Waals surface area contributed by atoms with Gasteiger partial charge < -0.3 is 0 Å². The molecule has 0 aliphatic carbocycles. The van der Waals surface area contributed by atoms with Crippen LogP contribution in [0.3, 0.4) is 0 Å². The molecule has 6 nitrogen and oxygen atoms in total. The lowest BCUT2D eigenvalue weighted by Gasteiger charge is -2.05. The fraction of sp³-hybridized carbons (Fsp3) is 0.143. The first-order valence-corrected chi connectivity index (χ1v) is 6.86. The van der Waals surface area contributed by atoms with Crippen LogP contribution in [0.4, 0.5) is 0 Å². The highest BCUT2D eigenvalue weighted by Gasteiger charge is 2.20. The van der Waals surface area contributed by atoms with Crippen molar-refractivity contribution >= 4 is 20.2 Å². The molecule has 0 heterocycles. The summed E-state index contributed by atoms with van der Waals surface area (Å²) >= 11 is 0. The van der Waals surface area contributed by atoms with Crippen LogP contribution in [0, 0.1) is 0 Å². The topological polar surface area (TPSA) is 92.3 Å². The number of hydrogen-bond acceptors (Lipinski definition) is 4. The third kappa shape index (κ3) is 3.27. The monoisotopic (exact) mass is 250 g/mol. The molecule has 0 saturated carbocycles. The molecule has 15 heavy (non-hydrogen) atoms. The van der Waals surface area contributed by atoms with E-state index in [2.05, 4.69) is 0 Å². The van der Waals surface area contributed by atoms with Crippen molar-refractivity contribution in [3.05, 3.63) is 30.3 Å². The van der Waals surface area contributed by atoms with Crippen LogP contribution in [0.1, 0.15) is 0 Å². The molecule has 0 aliphatic heterocycles. The Balaban J connectivity index is 3.07. The Bertz CT molecular complexity index is 521. The molecule has 0 radical (unpaired) electrons. The van der Waals surface area contributed by atoms with E-state index in [0.29, 0.717) is 0 Å². The van der Waals surface area contributed by atoms with Crippen LogP contribution in [0.15, 0.2) is 35.2 Å². The zero-order valence-corrected chi connectivity index (χ0v) is 9.47. The van der Waals surface area contributed by atoms with Gasteiger partial charge in [0, 0.05) is 7.05 Å². The van der Waals surface area contributed by atoms with E-state index in [1.165, 1.54) is 28.4 Å². The van der Waals surface area contributed by atoms with E-state index < -0.39 is 20.2 Å². The van der Waals surface area contributed by atoms with Gasteiger partial charge >= 0.3 is 0 Å². The Kier molecular flexibility index (Phi) is 3.45. The normalized spacial score (nSPS) is 12.6. The highest BCUT2D eigenvalue weighted by molar-refractivity contribution is 8.03. The van der Waals surface area contributed by atoms with Crippen LogP contribution in [0.5, 0.6) is 0 Å². The van der Waals surface area contributed by atoms with Crippen LogP contribution in [-0.4, -0.2) is 23.9 Å². The smallest absolute Gasteiger partial charge is 0.206 e. The van der Waals surface area contributed by atoms with Crippen molar-refractivity contribution in [1.82, 2.24) is 8.85 Å². The molecule has 0 spiro atoms. The van der Waals surface area contributed by atoms with Crippen LogP contribution >= 0.6 is 0 Å². The van der Waals surface area contributed by atoms with Gasteiger partial charge in [-0.15, -0.1) is 0 Å². The van der Waals surface area contributed by atoms with Crippen LogP contribution < -0.4 is 8.85 Å². The zero-order chi connectivity index (χ0) is 11.5. The summed E-state index contributed by atoms with van der Waals surface area (Å²) in [6, 6.07) is 7.23. The van der Waals surface area contributed by atoms with E-state index in [1.807, 2.05) is 4.72 Å². The van der Waals surface area contributed by atoms with E-state index in [-0.39, 0.29) is 4.90 Å². The molecule has 2 N–H and O–H groups in total. The van der Waals surface area contributed by atoms with Crippen molar-refractivity contribution in [3.63, 3.8) is 0 Å². The Morgan fingerprint density at radius 3 is 2.00 bits per heavy atom. The molecule has 0 fully saturated rings. The van der Waals surface area contributed by atoms with Gasteiger partial charge in [0.25, 0.3) is 20.2 Å². The highest BCUT2D eigenvalue weighted by Crippen LogP contribution is 2.07. The molecule has 1 aromatic rings. The molecule has 0 bridgehead atoms. The average molecular weight is 250 g/mol. The van der Waals surface area contributed by atoms with Crippen molar-refractivity contribution in [1.29, 1.82) is 0 Å². The number of benzene rings is 1. The largest absolute Gasteiger partial charge is 0.290 e. The molecule has 0 aromatic heterocycles. The van der Waals surface area contributed by atoms with Gasteiger partial charge in [0.2, 0.25) is 0 Å². The quantitative estimate of drug-likeness (QED) is 0.748. The summed E-state index contributed by atoms with van der Waals surface area (Å²) in [4.78, 5) is -0.108. The summed E-state index contributed by atoms with van der Waals surface area (Å²) in [6.45, 7) is 0. The molecule has 0 aliphatic rings. The summed E-state index contributed by atoms with van der Waals surface area (Å²) in [5.41, 5.74) is 0. The van der Waals surface area contributed by atoms with Crippen molar-refractivity contribution < 1.29 is 16.8 Å². The van der Waals surface area contributed by atoms with E-state index in [0.717, 1.165) is 7.05 Å².